The van der Waals surface area contributed by atoms with Gasteiger partial charge in [-0.25, -0.2) is 0 Å². The number of carbonyl (C=O) groups excluding carboxylic acids is 1. The highest BCUT2D eigenvalue weighted by Gasteiger charge is 2.25. The van der Waals surface area contributed by atoms with Crippen LogP contribution >= 0.6 is 0 Å². The van der Waals surface area contributed by atoms with Crippen molar-refractivity contribution in [1.29, 1.82) is 0 Å². The number of amides is 1. The van der Waals surface area contributed by atoms with Crippen molar-refractivity contribution < 1.29 is 4.79 Å². The van der Waals surface area contributed by atoms with Crippen LogP contribution < -0.4 is 5.73 Å². The third-order valence-electron chi connectivity index (χ3n) is 4.00. The van der Waals surface area contributed by atoms with Gasteiger partial charge in [-0.15, -0.1) is 0 Å². The lowest BCUT2D eigenvalue weighted by atomic mass is 10.1. The SMILES string of the molecule is CC(C)N1CCCN(C(=O)[C@H](N)c2ccccc2)CC1. The van der Waals surface area contributed by atoms with Crippen LogP contribution in [0.2, 0.25) is 0 Å². The number of rotatable bonds is 3. The fraction of sp³-hybridized carbons (Fsp3) is 0.562. The molecule has 1 aliphatic heterocycles. The Balaban J connectivity index is 1.99. The van der Waals surface area contributed by atoms with Crippen LogP contribution in [0.15, 0.2) is 30.3 Å². The van der Waals surface area contributed by atoms with Gasteiger partial charge >= 0.3 is 0 Å². The maximum atomic E-state index is 12.5. The zero-order valence-corrected chi connectivity index (χ0v) is 12.5. The van der Waals surface area contributed by atoms with Crippen LogP contribution in [0.25, 0.3) is 0 Å². The highest BCUT2D eigenvalue weighted by molar-refractivity contribution is 5.83. The summed E-state index contributed by atoms with van der Waals surface area (Å²) in [4.78, 5) is 16.8. The Morgan fingerprint density at radius 2 is 1.80 bits per heavy atom. The molecule has 1 heterocycles. The van der Waals surface area contributed by atoms with Crippen LogP contribution in [0, 0.1) is 0 Å². The molecule has 1 aliphatic rings. The van der Waals surface area contributed by atoms with Gasteiger partial charge in [-0.05, 0) is 25.8 Å². The lowest BCUT2D eigenvalue weighted by Gasteiger charge is -2.26. The Kier molecular flexibility index (Phi) is 5.15. The van der Waals surface area contributed by atoms with E-state index >= 15 is 0 Å². The van der Waals surface area contributed by atoms with Crippen molar-refractivity contribution in [3.05, 3.63) is 35.9 Å². The van der Waals surface area contributed by atoms with Gasteiger partial charge in [0, 0.05) is 32.2 Å². The van der Waals surface area contributed by atoms with Crippen molar-refractivity contribution in [2.75, 3.05) is 26.2 Å². The maximum absolute atomic E-state index is 12.5. The number of hydrogen-bond donors (Lipinski definition) is 1. The summed E-state index contributed by atoms with van der Waals surface area (Å²) in [6, 6.07) is 9.61. The van der Waals surface area contributed by atoms with Crippen molar-refractivity contribution in [1.82, 2.24) is 9.80 Å². The van der Waals surface area contributed by atoms with E-state index in [-0.39, 0.29) is 5.91 Å². The van der Waals surface area contributed by atoms with E-state index in [9.17, 15) is 4.79 Å². The third kappa shape index (κ3) is 3.58. The first kappa shape index (κ1) is 15.0. The monoisotopic (exact) mass is 275 g/mol. The summed E-state index contributed by atoms with van der Waals surface area (Å²) in [6.07, 6.45) is 1.02. The molecule has 0 aliphatic carbocycles. The van der Waals surface area contributed by atoms with Gasteiger partial charge < -0.3 is 10.6 Å². The van der Waals surface area contributed by atoms with Crippen LogP contribution in [0.1, 0.15) is 31.9 Å². The molecule has 0 saturated carbocycles. The molecule has 1 fully saturated rings. The van der Waals surface area contributed by atoms with Crippen molar-refractivity contribution in [2.24, 2.45) is 5.73 Å². The summed E-state index contributed by atoms with van der Waals surface area (Å²) in [5.41, 5.74) is 7.00. The Hall–Kier alpha value is -1.39. The largest absolute Gasteiger partial charge is 0.340 e. The molecule has 4 heteroatoms. The Labute approximate surface area is 121 Å². The fourth-order valence-corrected chi connectivity index (χ4v) is 2.67. The minimum Gasteiger partial charge on any atom is -0.340 e. The molecule has 1 atom stereocenters. The highest BCUT2D eigenvalue weighted by atomic mass is 16.2. The molecule has 110 valence electrons. The van der Waals surface area contributed by atoms with Gasteiger partial charge in [-0.2, -0.15) is 0 Å². The summed E-state index contributed by atoms with van der Waals surface area (Å²) in [5, 5.41) is 0. The average molecular weight is 275 g/mol. The summed E-state index contributed by atoms with van der Waals surface area (Å²) in [6.45, 7) is 7.98. The van der Waals surface area contributed by atoms with Crippen LogP contribution in [0.3, 0.4) is 0 Å². The van der Waals surface area contributed by atoms with E-state index in [0.717, 1.165) is 38.2 Å². The number of nitrogens with two attached hydrogens (primary N) is 1. The molecule has 1 amide bonds. The third-order valence-corrected chi connectivity index (χ3v) is 4.00. The van der Waals surface area contributed by atoms with Gasteiger partial charge in [0.2, 0.25) is 5.91 Å². The molecule has 0 bridgehead atoms. The maximum Gasteiger partial charge on any atom is 0.244 e. The highest BCUT2D eigenvalue weighted by Crippen LogP contribution is 2.15. The Morgan fingerprint density at radius 1 is 1.10 bits per heavy atom. The van der Waals surface area contributed by atoms with Crippen LogP contribution in [-0.4, -0.2) is 47.9 Å². The Morgan fingerprint density at radius 3 is 2.45 bits per heavy atom. The first-order valence-electron chi connectivity index (χ1n) is 7.43. The average Bonchev–Trinajstić information content (AvgIpc) is 2.72. The zero-order valence-electron chi connectivity index (χ0n) is 12.5. The Bertz CT molecular complexity index is 433. The predicted octanol–water partition coefficient (Wildman–Crippen LogP) is 1.63. The minimum absolute atomic E-state index is 0.0433. The predicted molar refractivity (Wildman–Crippen MR) is 81.3 cm³/mol. The molecule has 0 radical (unpaired) electrons. The molecule has 0 unspecified atom stereocenters. The van der Waals surface area contributed by atoms with E-state index in [2.05, 4.69) is 18.7 Å². The van der Waals surface area contributed by atoms with E-state index in [0.29, 0.717) is 6.04 Å². The van der Waals surface area contributed by atoms with E-state index in [1.165, 1.54) is 0 Å². The second kappa shape index (κ2) is 6.86. The molecular weight excluding hydrogens is 250 g/mol. The topological polar surface area (TPSA) is 49.6 Å². The van der Waals surface area contributed by atoms with E-state index < -0.39 is 6.04 Å². The van der Waals surface area contributed by atoms with Crippen molar-refractivity contribution in [2.45, 2.75) is 32.4 Å². The molecule has 4 nitrogen and oxygen atoms in total. The van der Waals surface area contributed by atoms with Crippen LogP contribution in [-0.2, 0) is 4.79 Å². The first-order chi connectivity index (χ1) is 9.59. The summed E-state index contributed by atoms with van der Waals surface area (Å²) >= 11 is 0. The van der Waals surface area contributed by atoms with Crippen molar-refractivity contribution >= 4 is 5.91 Å². The van der Waals surface area contributed by atoms with E-state index in [1.807, 2.05) is 35.2 Å². The summed E-state index contributed by atoms with van der Waals surface area (Å²) in [7, 11) is 0. The van der Waals surface area contributed by atoms with Gasteiger partial charge in [0.05, 0.1) is 0 Å². The number of nitrogens with zero attached hydrogens (tertiary/aromatic N) is 2. The first-order valence-corrected chi connectivity index (χ1v) is 7.43. The van der Waals surface area contributed by atoms with Crippen molar-refractivity contribution in [3.63, 3.8) is 0 Å². The molecule has 1 aromatic rings. The van der Waals surface area contributed by atoms with Gasteiger partial charge in [-0.3, -0.25) is 9.69 Å². The molecular formula is C16H25N3O. The zero-order chi connectivity index (χ0) is 14.5. The molecule has 1 aromatic carbocycles. The molecule has 20 heavy (non-hydrogen) atoms. The fourth-order valence-electron chi connectivity index (χ4n) is 2.67. The molecule has 0 spiro atoms. The lowest BCUT2D eigenvalue weighted by Crippen LogP contribution is -2.41. The van der Waals surface area contributed by atoms with Gasteiger partial charge in [-0.1, -0.05) is 30.3 Å². The summed E-state index contributed by atoms with van der Waals surface area (Å²) in [5.74, 6) is 0.0433. The lowest BCUT2D eigenvalue weighted by molar-refractivity contribution is -0.132. The quantitative estimate of drug-likeness (QED) is 0.912. The van der Waals surface area contributed by atoms with Crippen LogP contribution in [0.4, 0.5) is 0 Å². The second-order valence-electron chi connectivity index (χ2n) is 5.70. The van der Waals surface area contributed by atoms with Gasteiger partial charge in [0.15, 0.2) is 0 Å². The van der Waals surface area contributed by atoms with Gasteiger partial charge in [0.25, 0.3) is 0 Å². The molecule has 0 aromatic heterocycles. The van der Waals surface area contributed by atoms with Crippen LogP contribution in [0.5, 0.6) is 0 Å². The molecule has 2 N–H and O–H groups in total. The number of hydrogen-bond acceptors (Lipinski definition) is 3. The molecule has 2 rings (SSSR count). The summed E-state index contributed by atoms with van der Waals surface area (Å²) < 4.78 is 0. The van der Waals surface area contributed by atoms with E-state index in [4.69, 9.17) is 5.73 Å². The van der Waals surface area contributed by atoms with Gasteiger partial charge in [0.1, 0.15) is 6.04 Å². The normalized spacial score (nSPS) is 18.9. The second-order valence-corrected chi connectivity index (χ2v) is 5.70. The number of carbonyl (C=O) groups is 1. The standard InChI is InChI=1S/C16H25N3O/c1-13(2)18-9-6-10-19(12-11-18)16(20)15(17)14-7-4-3-5-8-14/h3-5,7-8,13,15H,6,9-12,17H2,1-2H3/t15-/m1/s1. The van der Waals surface area contributed by atoms with E-state index in [1.54, 1.807) is 0 Å². The van der Waals surface area contributed by atoms with Crippen molar-refractivity contribution in [3.8, 4) is 0 Å². The smallest absolute Gasteiger partial charge is 0.244 e. The molecule has 1 saturated heterocycles. The number of benzene rings is 1. The minimum atomic E-state index is -0.540.